The molecule has 2 aromatic carbocycles. The van der Waals surface area contributed by atoms with Crippen molar-refractivity contribution in [1.82, 2.24) is 0 Å². The second-order valence-electron chi connectivity index (χ2n) is 5.12. The highest BCUT2D eigenvalue weighted by molar-refractivity contribution is 5.79. The molecule has 0 fully saturated rings. The lowest BCUT2D eigenvalue weighted by molar-refractivity contribution is 0.852. The average Bonchev–Trinajstić information content (AvgIpc) is 2.71. The fourth-order valence-electron chi connectivity index (χ4n) is 2.55. The zero-order valence-corrected chi connectivity index (χ0v) is 10.8. The van der Waals surface area contributed by atoms with Crippen LogP contribution in [0.25, 0.3) is 11.1 Å². The molecule has 18 heavy (non-hydrogen) atoms. The first kappa shape index (κ1) is 11.2. The normalized spacial score (nSPS) is 14.2. The molecule has 1 heteroatoms. The van der Waals surface area contributed by atoms with Gasteiger partial charge >= 0.3 is 0 Å². The molecule has 0 radical (unpaired) electrons. The van der Waals surface area contributed by atoms with E-state index in [0.717, 1.165) is 0 Å². The van der Waals surface area contributed by atoms with Gasteiger partial charge in [0, 0.05) is 6.21 Å². The summed E-state index contributed by atoms with van der Waals surface area (Å²) < 4.78 is 0. The summed E-state index contributed by atoms with van der Waals surface area (Å²) in [6, 6.07) is 17.4. The Morgan fingerprint density at radius 3 is 1.89 bits per heavy atom. The van der Waals surface area contributed by atoms with Gasteiger partial charge in [-0.25, -0.2) is 0 Å². The van der Waals surface area contributed by atoms with Gasteiger partial charge in [-0.1, -0.05) is 62.4 Å². The third kappa shape index (κ3) is 1.76. The third-order valence-corrected chi connectivity index (χ3v) is 3.33. The lowest BCUT2D eigenvalue weighted by Crippen LogP contribution is -1.96. The molecular weight excluding hydrogens is 218 g/mol. The highest BCUT2D eigenvalue weighted by Gasteiger charge is 2.26. The van der Waals surface area contributed by atoms with E-state index in [0.29, 0.717) is 5.92 Å². The van der Waals surface area contributed by atoms with Crippen molar-refractivity contribution in [3.8, 4) is 11.1 Å². The molecule has 1 nitrogen and oxygen atoms in total. The highest BCUT2D eigenvalue weighted by atomic mass is 14.8. The van der Waals surface area contributed by atoms with Crippen LogP contribution < -0.4 is 0 Å². The van der Waals surface area contributed by atoms with E-state index >= 15 is 0 Å². The van der Waals surface area contributed by atoms with Crippen molar-refractivity contribution in [3.63, 3.8) is 0 Å². The molecule has 0 saturated carbocycles. The minimum atomic E-state index is 0.180. The standard InChI is InChI=1S/C17H17N/c1-12(2)11-18-17-15-9-5-3-7-13(15)14-8-4-6-10-16(14)17/h3-12,17H,1-2H3. The smallest absolute Gasteiger partial charge is 0.101 e. The Morgan fingerprint density at radius 2 is 1.39 bits per heavy atom. The topological polar surface area (TPSA) is 12.4 Å². The van der Waals surface area contributed by atoms with Gasteiger partial charge in [-0.2, -0.15) is 0 Å². The van der Waals surface area contributed by atoms with Crippen molar-refractivity contribution in [3.05, 3.63) is 59.7 Å². The third-order valence-electron chi connectivity index (χ3n) is 3.33. The summed E-state index contributed by atoms with van der Waals surface area (Å²) in [6.45, 7) is 4.33. The lowest BCUT2D eigenvalue weighted by atomic mass is 10.1. The second-order valence-corrected chi connectivity index (χ2v) is 5.12. The van der Waals surface area contributed by atoms with E-state index in [1.807, 2.05) is 0 Å². The molecule has 2 aromatic rings. The SMILES string of the molecule is CC(C)C=NC1c2ccccc2-c2ccccc21. The molecule has 1 aliphatic carbocycles. The number of rotatable bonds is 2. The molecule has 3 rings (SSSR count). The molecule has 0 atom stereocenters. The van der Waals surface area contributed by atoms with E-state index in [9.17, 15) is 0 Å². The van der Waals surface area contributed by atoms with Crippen LogP contribution in [-0.2, 0) is 0 Å². The minimum Gasteiger partial charge on any atom is -0.284 e. The maximum Gasteiger partial charge on any atom is 0.101 e. The Kier molecular flexibility index (Phi) is 2.75. The quantitative estimate of drug-likeness (QED) is 0.680. The zero-order valence-electron chi connectivity index (χ0n) is 10.8. The maximum atomic E-state index is 4.78. The number of fused-ring (bicyclic) bond motifs is 3. The van der Waals surface area contributed by atoms with Crippen LogP contribution in [0.5, 0.6) is 0 Å². The van der Waals surface area contributed by atoms with E-state index in [1.165, 1.54) is 22.3 Å². The van der Waals surface area contributed by atoms with Gasteiger partial charge < -0.3 is 0 Å². The summed E-state index contributed by atoms with van der Waals surface area (Å²) in [5.74, 6) is 0.491. The van der Waals surface area contributed by atoms with Crippen LogP contribution in [0.4, 0.5) is 0 Å². The van der Waals surface area contributed by atoms with E-state index < -0.39 is 0 Å². The fraction of sp³-hybridized carbons (Fsp3) is 0.235. The largest absolute Gasteiger partial charge is 0.284 e. The van der Waals surface area contributed by atoms with Crippen LogP contribution in [0.15, 0.2) is 53.5 Å². The first-order chi connectivity index (χ1) is 8.77. The molecule has 0 bridgehead atoms. The van der Waals surface area contributed by atoms with Crippen LogP contribution in [0.2, 0.25) is 0 Å². The molecular formula is C17H17N. The zero-order chi connectivity index (χ0) is 12.5. The monoisotopic (exact) mass is 235 g/mol. The summed E-state index contributed by atoms with van der Waals surface area (Å²) in [5.41, 5.74) is 5.32. The molecule has 90 valence electrons. The van der Waals surface area contributed by atoms with Gasteiger partial charge in [-0.3, -0.25) is 4.99 Å². The summed E-state index contributed by atoms with van der Waals surface area (Å²) in [5, 5.41) is 0. The summed E-state index contributed by atoms with van der Waals surface area (Å²) in [6.07, 6.45) is 2.06. The molecule has 0 aromatic heterocycles. The van der Waals surface area contributed by atoms with Crippen molar-refractivity contribution in [1.29, 1.82) is 0 Å². The molecule has 0 saturated heterocycles. The Hall–Kier alpha value is -1.89. The van der Waals surface area contributed by atoms with Crippen LogP contribution in [0.1, 0.15) is 31.0 Å². The van der Waals surface area contributed by atoms with Crippen molar-refractivity contribution >= 4 is 6.21 Å². The lowest BCUT2D eigenvalue weighted by Gasteiger charge is -2.08. The predicted octanol–water partition coefficient (Wildman–Crippen LogP) is 4.48. The van der Waals surface area contributed by atoms with Crippen LogP contribution in [0.3, 0.4) is 0 Å². The van der Waals surface area contributed by atoms with Crippen molar-refractivity contribution in [2.24, 2.45) is 10.9 Å². The van der Waals surface area contributed by atoms with Crippen molar-refractivity contribution in [2.75, 3.05) is 0 Å². The van der Waals surface area contributed by atoms with Crippen molar-refractivity contribution < 1.29 is 0 Å². The second kappa shape index (κ2) is 4.41. The Bertz CT molecular complexity index is 551. The minimum absolute atomic E-state index is 0.180. The van der Waals surface area contributed by atoms with Gasteiger partial charge in [0.25, 0.3) is 0 Å². The van der Waals surface area contributed by atoms with Crippen LogP contribution >= 0.6 is 0 Å². The average molecular weight is 235 g/mol. The van der Waals surface area contributed by atoms with Crippen LogP contribution in [0, 0.1) is 5.92 Å². The number of hydrogen-bond donors (Lipinski definition) is 0. The van der Waals surface area contributed by atoms with Gasteiger partial charge in [0.05, 0.1) is 0 Å². The van der Waals surface area contributed by atoms with E-state index in [1.54, 1.807) is 0 Å². The summed E-state index contributed by atoms with van der Waals surface area (Å²) in [7, 11) is 0. The summed E-state index contributed by atoms with van der Waals surface area (Å²) in [4.78, 5) is 4.78. The number of aliphatic imine (C=N–C) groups is 1. The molecule has 1 aliphatic rings. The Labute approximate surface area is 108 Å². The number of nitrogens with zero attached hydrogens (tertiary/aromatic N) is 1. The van der Waals surface area contributed by atoms with E-state index in [-0.39, 0.29) is 6.04 Å². The van der Waals surface area contributed by atoms with Gasteiger partial charge in [-0.05, 0) is 28.2 Å². The van der Waals surface area contributed by atoms with Crippen LogP contribution in [-0.4, -0.2) is 6.21 Å². The highest BCUT2D eigenvalue weighted by Crippen LogP contribution is 2.44. The first-order valence-electron chi connectivity index (χ1n) is 6.49. The molecule has 0 N–H and O–H groups in total. The number of benzene rings is 2. The van der Waals surface area contributed by atoms with Gasteiger partial charge in [0.1, 0.15) is 6.04 Å². The Morgan fingerprint density at radius 1 is 0.889 bits per heavy atom. The molecule has 0 spiro atoms. The van der Waals surface area contributed by atoms with Gasteiger partial charge in [0.2, 0.25) is 0 Å². The van der Waals surface area contributed by atoms with Gasteiger partial charge in [0.15, 0.2) is 0 Å². The fourth-order valence-corrected chi connectivity index (χ4v) is 2.55. The predicted molar refractivity (Wildman–Crippen MR) is 77.1 cm³/mol. The summed E-state index contributed by atoms with van der Waals surface area (Å²) >= 11 is 0. The molecule has 0 amide bonds. The van der Waals surface area contributed by atoms with E-state index in [4.69, 9.17) is 4.99 Å². The van der Waals surface area contributed by atoms with E-state index in [2.05, 4.69) is 68.6 Å². The molecule has 0 unspecified atom stereocenters. The number of hydrogen-bond acceptors (Lipinski definition) is 1. The molecule has 0 aliphatic heterocycles. The van der Waals surface area contributed by atoms with Crippen molar-refractivity contribution in [2.45, 2.75) is 19.9 Å². The Balaban J connectivity index is 2.15. The maximum absolute atomic E-state index is 4.78. The first-order valence-corrected chi connectivity index (χ1v) is 6.49. The molecule has 0 heterocycles. The van der Waals surface area contributed by atoms with Gasteiger partial charge in [-0.15, -0.1) is 0 Å².